The summed E-state index contributed by atoms with van der Waals surface area (Å²) in [4.78, 5) is 5.99. The average Bonchev–Trinajstić information content (AvgIpc) is 2.81. The Kier molecular flexibility index (Phi) is 6.09. The van der Waals surface area contributed by atoms with Gasteiger partial charge in [0.15, 0.2) is 0 Å². The van der Waals surface area contributed by atoms with Crippen molar-refractivity contribution >= 4 is 23.1 Å². The van der Waals surface area contributed by atoms with E-state index in [1.807, 2.05) is 11.8 Å². The van der Waals surface area contributed by atoms with E-state index in [-0.39, 0.29) is 6.10 Å². The lowest BCUT2D eigenvalue weighted by Gasteiger charge is -2.19. The second-order valence-corrected chi connectivity index (χ2v) is 7.09. The average molecular weight is 302 g/mol. The quantitative estimate of drug-likeness (QED) is 0.875. The zero-order valence-electron chi connectivity index (χ0n) is 11.8. The van der Waals surface area contributed by atoms with Gasteiger partial charge in [0, 0.05) is 36.1 Å². The molecule has 0 amide bonds. The lowest BCUT2D eigenvalue weighted by atomic mass is 10.3. The van der Waals surface area contributed by atoms with Crippen molar-refractivity contribution in [2.24, 2.45) is 0 Å². The molecular weight excluding hydrogens is 280 g/mol. The number of nitrogens with zero attached hydrogens (tertiary/aromatic N) is 1. The van der Waals surface area contributed by atoms with E-state index in [0.29, 0.717) is 12.6 Å². The molecule has 0 saturated carbocycles. The first-order valence-electron chi connectivity index (χ1n) is 6.61. The molecular formula is C13H22N2O2S2. The summed E-state index contributed by atoms with van der Waals surface area (Å²) in [5.41, 5.74) is 1.05. The SMILES string of the molecule is COCc1nc(C2CSCCO2)sc1CNC(C)C. The molecule has 0 aliphatic carbocycles. The summed E-state index contributed by atoms with van der Waals surface area (Å²) in [5.74, 6) is 2.10. The molecule has 108 valence electrons. The van der Waals surface area contributed by atoms with Crippen LogP contribution in [0.3, 0.4) is 0 Å². The van der Waals surface area contributed by atoms with Gasteiger partial charge in [-0.2, -0.15) is 11.8 Å². The van der Waals surface area contributed by atoms with E-state index in [2.05, 4.69) is 19.2 Å². The van der Waals surface area contributed by atoms with Crippen molar-refractivity contribution in [2.45, 2.75) is 39.1 Å². The van der Waals surface area contributed by atoms with E-state index in [9.17, 15) is 0 Å². The van der Waals surface area contributed by atoms with Gasteiger partial charge in [-0.1, -0.05) is 13.8 Å². The summed E-state index contributed by atoms with van der Waals surface area (Å²) in [5, 5.41) is 4.54. The van der Waals surface area contributed by atoms with Crippen molar-refractivity contribution in [1.29, 1.82) is 0 Å². The predicted octanol–water partition coefficient (Wildman–Crippen LogP) is 2.59. The van der Waals surface area contributed by atoms with Gasteiger partial charge in [-0.25, -0.2) is 4.98 Å². The maximum Gasteiger partial charge on any atom is 0.123 e. The molecule has 1 unspecified atom stereocenters. The topological polar surface area (TPSA) is 43.4 Å². The van der Waals surface area contributed by atoms with E-state index in [1.165, 1.54) is 4.88 Å². The van der Waals surface area contributed by atoms with Crippen LogP contribution in [0.15, 0.2) is 0 Å². The van der Waals surface area contributed by atoms with Gasteiger partial charge >= 0.3 is 0 Å². The third kappa shape index (κ3) is 4.43. The van der Waals surface area contributed by atoms with Crippen molar-refractivity contribution in [3.05, 3.63) is 15.6 Å². The van der Waals surface area contributed by atoms with Gasteiger partial charge in [0.2, 0.25) is 0 Å². The molecule has 1 fully saturated rings. The number of aromatic nitrogens is 1. The fraction of sp³-hybridized carbons (Fsp3) is 0.769. The molecule has 1 atom stereocenters. The highest BCUT2D eigenvalue weighted by molar-refractivity contribution is 7.99. The molecule has 19 heavy (non-hydrogen) atoms. The Morgan fingerprint density at radius 2 is 2.37 bits per heavy atom. The van der Waals surface area contributed by atoms with Crippen LogP contribution < -0.4 is 5.32 Å². The van der Waals surface area contributed by atoms with Gasteiger partial charge in [0.05, 0.1) is 18.9 Å². The Labute approximate surface area is 123 Å². The number of thioether (sulfide) groups is 1. The molecule has 0 aromatic carbocycles. The summed E-state index contributed by atoms with van der Waals surface area (Å²) in [6.45, 7) is 6.56. The van der Waals surface area contributed by atoms with E-state index >= 15 is 0 Å². The number of hydrogen-bond acceptors (Lipinski definition) is 6. The predicted molar refractivity (Wildman–Crippen MR) is 80.8 cm³/mol. The molecule has 1 saturated heterocycles. The maximum absolute atomic E-state index is 5.80. The number of methoxy groups -OCH3 is 1. The van der Waals surface area contributed by atoms with Crippen LogP contribution in [0.1, 0.15) is 35.5 Å². The number of ether oxygens (including phenoxy) is 2. The number of thiazole rings is 1. The van der Waals surface area contributed by atoms with Crippen LogP contribution >= 0.6 is 23.1 Å². The van der Waals surface area contributed by atoms with Crippen LogP contribution in [-0.2, 0) is 22.6 Å². The minimum absolute atomic E-state index is 0.159. The summed E-state index contributed by atoms with van der Waals surface area (Å²) < 4.78 is 11.0. The van der Waals surface area contributed by atoms with Gasteiger partial charge in [0.25, 0.3) is 0 Å². The van der Waals surface area contributed by atoms with Crippen LogP contribution in [0.25, 0.3) is 0 Å². The zero-order valence-corrected chi connectivity index (χ0v) is 13.4. The highest BCUT2D eigenvalue weighted by Crippen LogP contribution is 2.31. The molecule has 1 aliphatic rings. The van der Waals surface area contributed by atoms with Crippen LogP contribution in [-0.4, -0.2) is 36.2 Å². The Balaban J connectivity index is 2.08. The van der Waals surface area contributed by atoms with E-state index in [1.54, 1.807) is 18.4 Å². The molecule has 1 aromatic heterocycles. The van der Waals surface area contributed by atoms with E-state index in [0.717, 1.165) is 35.4 Å². The third-order valence-corrected chi connectivity index (χ3v) is 5.02. The maximum atomic E-state index is 5.80. The first kappa shape index (κ1) is 15.3. The largest absolute Gasteiger partial charge is 0.378 e. The van der Waals surface area contributed by atoms with Gasteiger partial charge < -0.3 is 14.8 Å². The first-order chi connectivity index (χ1) is 9.20. The molecule has 0 spiro atoms. The van der Waals surface area contributed by atoms with Crippen molar-refractivity contribution in [3.63, 3.8) is 0 Å². The minimum Gasteiger partial charge on any atom is -0.378 e. The standard InChI is InChI=1S/C13H22N2O2S2/c1-9(2)14-6-12-10(7-16-3)15-13(19-12)11-8-18-5-4-17-11/h9,11,14H,4-8H2,1-3H3. The number of hydrogen-bond donors (Lipinski definition) is 1. The van der Waals surface area contributed by atoms with Crippen LogP contribution in [0.5, 0.6) is 0 Å². The monoisotopic (exact) mass is 302 g/mol. The number of rotatable bonds is 6. The molecule has 2 heterocycles. The summed E-state index contributed by atoms with van der Waals surface area (Å²) in [6.07, 6.45) is 0.159. The Hall–Kier alpha value is -0.140. The molecule has 0 radical (unpaired) electrons. The fourth-order valence-corrected chi connectivity index (χ4v) is 3.88. The van der Waals surface area contributed by atoms with E-state index < -0.39 is 0 Å². The van der Waals surface area contributed by atoms with Gasteiger partial charge in [-0.05, 0) is 0 Å². The van der Waals surface area contributed by atoms with Crippen molar-refractivity contribution in [2.75, 3.05) is 25.2 Å². The summed E-state index contributed by atoms with van der Waals surface area (Å²) in [6, 6.07) is 0.474. The second kappa shape index (κ2) is 7.59. The second-order valence-electron chi connectivity index (χ2n) is 4.82. The van der Waals surface area contributed by atoms with Gasteiger partial charge in [-0.3, -0.25) is 0 Å². The molecule has 1 aromatic rings. The Morgan fingerprint density at radius 1 is 1.53 bits per heavy atom. The van der Waals surface area contributed by atoms with Crippen LogP contribution in [0.2, 0.25) is 0 Å². The highest BCUT2D eigenvalue weighted by Gasteiger charge is 2.22. The molecule has 4 nitrogen and oxygen atoms in total. The van der Waals surface area contributed by atoms with Crippen molar-refractivity contribution in [3.8, 4) is 0 Å². The first-order valence-corrected chi connectivity index (χ1v) is 8.58. The normalized spacial score (nSPS) is 20.1. The minimum atomic E-state index is 0.159. The van der Waals surface area contributed by atoms with Gasteiger partial charge in [0.1, 0.15) is 11.1 Å². The van der Waals surface area contributed by atoms with Crippen molar-refractivity contribution in [1.82, 2.24) is 10.3 Å². The molecule has 1 N–H and O–H groups in total. The summed E-state index contributed by atoms with van der Waals surface area (Å²) in [7, 11) is 1.71. The molecule has 0 bridgehead atoms. The number of nitrogens with one attached hydrogen (secondary N) is 1. The van der Waals surface area contributed by atoms with Crippen LogP contribution in [0.4, 0.5) is 0 Å². The fourth-order valence-electron chi connectivity index (χ4n) is 1.86. The lowest BCUT2D eigenvalue weighted by molar-refractivity contribution is 0.0751. The molecule has 2 rings (SSSR count). The Morgan fingerprint density at radius 3 is 3.00 bits per heavy atom. The summed E-state index contributed by atoms with van der Waals surface area (Å²) >= 11 is 3.70. The van der Waals surface area contributed by atoms with Gasteiger partial charge in [-0.15, -0.1) is 11.3 Å². The molecule has 1 aliphatic heterocycles. The lowest BCUT2D eigenvalue weighted by Crippen LogP contribution is -2.21. The smallest absolute Gasteiger partial charge is 0.123 e. The molecule has 6 heteroatoms. The highest BCUT2D eigenvalue weighted by atomic mass is 32.2. The zero-order chi connectivity index (χ0) is 13.7. The van der Waals surface area contributed by atoms with E-state index in [4.69, 9.17) is 14.5 Å². The third-order valence-electron chi connectivity index (χ3n) is 2.84. The Bertz CT molecular complexity index is 390. The van der Waals surface area contributed by atoms with Crippen LogP contribution in [0, 0.1) is 0 Å². The van der Waals surface area contributed by atoms with Crippen molar-refractivity contribution < 1.29 is 9.47 Å².